The Labute approximate surface area is 49.9 Å². The molecule has 0 unspecified atom stereocenters. The van der Waals surface area contributed by atoms with Crippen LogP contribution in [0.5, 0.6) is 0 Å². The molecule has 0 bridgehead atoms. The first kappa shape index (κ1) is 6.05. The first-order valence-electron chi connectivity index (χ1n) is 3.02. The van der Waals surface area contributed by atoms with Gasteiger partial charge in [0.1, 0.15) is 0 Å². The van der Waals surface area contributed by atoms with Crippen LogP contribution in [0.4, 0.5) is 0 Å². The second-order valence-electron chi connectivity index (χ2n) is 2.32. The second kappa shape index (κ2) is 2.46. The monoisotopic (exact) mass is 114 g/mol. The molecular formula is C6H12NO. The van der Waals surface area contributed by atoms with E-state index in [9.17, 15) is 0 Å². The number of hydrogen-bond acceptors (Lipinski definition) is 2. The average Bonchev–Trinajstić information content (AvgIpc) is 1.77. The van der Waals surface area contributed by atoms with Gasteiger partial charge >= 0.3 is 0 Å². The lowest BCUT2D eigenvalue weighted by Crippen LogP contribution is -2.38. The Balaban J connectivity index is 2.28. The lowest BCUT2D eigenvalue weighted by molar-refractivity contribution is 0.100. The van der Waals surface area contributed by atoms with E-state index in [2.05, 4.69) is 12.2 Å². The Morgan fingerprint density at radius 2 is 2.38 bits per heavy atom. The van der Waals surface area contributed by atoms with E-state index in [0.717, 1.165) is 19.5 Å². The fourth-order valence-corrected chi connectivity index (χ4v) is 0.909. The quantitative estimate of drug-likeness (QED) is 0.457. The fraction of sp³-hybridized carbons (Fsp3) is 0.833. The van der Waals surface area contributed by atoms with E-state index in [4.69, 9.17) is 5.11 Å². The first-order valence-corrected chi connectivity index (χ1v) is 3.02. The van der Waals surface area contributed by atoms with E-state index in [1.807, 2.05) is 0 Å². The minimum atomic E-state index is -0.170. The van der Waals surface area contributed by atoms with Crippen LogP contribution in [0.1, 0.15) is 6.42 Å². The average molecular weight is 114 g/mol. The van der Waals surface area contributed by atoms with Crippen molar-refractivity contribution in [2.75, 3.05) is 13.1 Å². The summed E-state index contributed by atoms with van der Waals surface area (Å²) >= 11 is 0. The van der Waals surface area contributed by atoms with Crippen molar-refractivity contribution in [2.45, 2.75) is 12.5 Å². The standard InChI is InChI=1S/C6H12NO/c1-5-4-7-3-2-6(5)8/h5-8H,1-4H2/t5-,6-/m0/s1. The van der Waals surface area contributed by atoms with Gasteiger partial charge in [-0.1, -0.05) is 0 Å². The molecule has 2 heteroatoms. The predicted octanol–water partition coefficient (Wildman–Crippen LogP) is -0.209. The van der Waals surface area contributed by atoms with Crippen LogP contribution in [0.25, 0.3) is 0 Å². The molecule has 0 aromatic heterocycles. The summed E-state index contributed by atoms with van der Waals surface area (Å²) in [7, 11) is 0. The molecule has 0 aromatic rings. The first-order chi connectivity index (χ1) is 3.80. The Bertz CT molecular complexity index is 64.9. The molecule has 0 saturated carbocycles. The minimum absolute atomic E-state index is 0.170. The summed E-state index contributed by atoms with van der Waals surface area (Å²) in [5.74, 6) is 0.198. The molecule has 2 N–H and O–H groups in total. The summed E-state index contributed by atoms with van der Waals surface area (Å²) in [6, 6.07) is 0. The summed E-state index contributed by atoms with van der Waals surface area (Å²) in [6.07, 6.45) is 0.685. The van der Waals surface area contributed by atoms with E-state index in [1.165, 1.54) is 0 Å². The molecule has 1 heterocycles. The zero-order valence-corrected chi connectivity index (χ0v) is 4.93. The van der Waals surface area contributed by atoms with Gasteiger partial charge < -0.3 is 10.4 Å². The van der Waals surface area contributed by atoms with Gasteiger partial charge in [0, 0.05) is 6.54 Å². The number of rotatable bonds is 0. The smallest absolute Gasteiger partial charge is 0.0592 e. The minimum Gasteiger partial charge on any atom is -0.393 e. The Morgan fingerprint density at radius 3 is 2.75 bits per heavy atom. The SMILES string of the molecule is [CH2][C@H]1CNCC[C@@H]1O. The summed E-state index contributed by atoms with van der Waals surface area (Å²) in [6.45, 7) is 5.57. The summed E-state index contributed by atoms with van der Waals surface area (Å²) in [5, 5.41) is 12.2. The lowest BCUT2D eigenvalue weighted by Gasteiger charge is -2.24. The number of piperidine rings is 1. The van der Waals surface area contributed by atoms with Gasteiger partial charge in [0.25, 0.3) is 0 Å². The van der Waals surface area contributed by atoms with Crippen molar-refractivity contribution >= 4 is 0 Å². The third kappa shape index (κ3) is 1.20. The normalized spacial score (nSPS) is 39.8. The van der Waals surface area contributed by atoms with Gasteiger partial charge in [-0.3, -0.25) is 0 Å². The van der Waals surface area contributed by atoms with E-state index in [0.29, 0.717) is 0 Å². The van der Waals surface area contributed by atoms with Crippen LogP contribution >= 0.6 is 0 Å². The van der Waals surface area contributed by atoms with Gasteiger partial charge in [0.05, 0.1) is 6.10 Å². The molecule has 0 aliphatic carbocycles. The molecule has 1 aliphatic rings. The van der Waals surface area contributed by atoms with Crippen molar-refractivity contribution < 1.29 is 5.11 Å². The highest BCUT2D eigenvalue weighted by atomic mass is 16.3. The second-order valence-corrected chi connectivity index (χ2v) is 2.32. The maximum absolute atomic E-state index is 9.08. The fourth-order valence-electron chi connectivity index (χ4n) is 0.909. The molecular weight excluding hydrogens is 102 g/mol. The van der Waals surface area contributed by atoms with Gasteiger partial charge in [0.2, 0.25) is 0 Å². The van der Waals surface area contributed by atoms with Crippen molar-refractivity contribution in [2.24, 2.45) is 5.92 Å². The number of nitrogens with one attached hydrogen (secondary N) is 1. The third-order valence-electron chi connectivity index (χ3n) is 1.57. The molecule has 2 atom stereocenters. The van der Waals surface area contributed by atoms with Crippen molar-refractivity contribution in [3.05, 3.63) is 6.92 Å². The topological polar surface area (TPSA) is 32.3 Å². The van der Waals surface area contributed by atoms with Gasteiger partial charge in [-0.05, 0) is 25.8 Å². The van der Waals surface area contributed by atoms with Crippen LogP contribution in [-0.4, -0.2) is 24.3 Å². The zero-order valence-electron chi connectivity index (χ0n) is 4.93. The molecule has 2 nitrogen and oxygen atoms in total. The Hall–Kier alpha value is -0.0800. The molecule has 1 radical (unpaired) electrons. The van der Waals surface area contributed by atoms with E-state index < -0.39 is 0 Å². The molecule has 0 spiro atoms. The highest BCUT2D eigenvalue weighted by molar-refractivity contribution is 4.78. The number of hydrogen-bond donors (Lipinski definition) is 2. The molecule has 1 fully saturated rings. The van der Waals surface area contributed by atoms with Crippen LogP contribution in [0.3, 0.4) is 0 Å². The zero-order chi connectivity index (χ0) is 5.98. The van der Waals surface area contributed by atoms with E-state index in [1.54, 1.807) is 0 Å². The van der Waals surface area contributed by atoms with Gasteiger partial charge in [0.15, 0.2) is 0 Å². The molecule has 0 aromatic carbocycles. The maximum Gasteiger partial charge on any atom is 0.0592 e. The van der Waals surface area contributed by atoms with Crippen molar-refractivity contribution in [1.29, 1.82) is 0 Å². The number of aliphatic hydroxyl groups excluding tert-OH is 1. The number of aliphatic hydroxyl groups is 1. The van der Waals surface area contributed by atoms with Crippen LogP contribution in [0.15, 0.2) is 0 Å². The van der Waals surface area contributed by atoms with Gasteiger partial charge in [-0.25, -0.2) is 0 Å². The van der Waals surface area contributed by atoms with Crippen LogP contribution in [0.2, 0.25) is 0 Å². The highest BCUT2D eigenvalue weighted by Crippen LogP contribution is 2.07. The van der Waals surface area contributed by atoms with Crippen LogP contribution in [0, 0.1) is 12.8 Å². The Morgan fingerprint density at radius 1 is 1.62 bits per heavy atom. The molecule has 1 rings (SSSR count). The van der Waals surface area contributed by atoms with Gasteiger partial charge in [-0.2, -0.15) is 0 Å². The lowest BCUT2D eigenvalue weighted by atomic mass is 9.99. The molecule has 1 aliphatic heterocycles. The predicted molar refractivity (Wildman–Crippen MR) is 32.3 cm³/mol. The van der Waals surface area contributed by atoms with E-state index >= 15 is 0 Å². The Kier molecular flexibility index (Phi) is 1.86. The molecule has 47 valence electrons. The maximum atomic E-state index is 9.08. The van der Waals surface area contributed by atoms with Crippen LogP contribution < -0.4 is 5.32 Å². The van der Waals surface area contributed by atoms with Crippen LogP contribution in [-0.2, 0) is 0 Å². The largest absolute Gasteiger partial charge is 0.393 e. The summed E-state index contributed by atoms with van der Waals surface area (Å²) in [5.41, 5.74) is 0. The van der Waals surface area contributed by atoms with Gasteiger partial charge in [-0.15, -0.1) is 0 Å². The van der Waals surface area contributed by atoms with E-state index in [-0.39, 0.29) is 12.0 Å². The molecule has 0 amide bonds. The van der Waals surface area contributed by atoms with Crippen molar-refractivity contribution in [1.82, 2.24) is 5.32 Å². The summed E-state index contributed by atoms with van der Waals surface area (Å²) in [4.78, 5) is 0. The highest BCUT2D eigenvalue weighted by Gasteiger charge is 2.17. The molecule has 8 heavy (non-hydrogen) atoms. The third-order valence-corrected chi connectivity index (χ3v) is 1.57. The van der Waals surface area contributed by atoms with Crippen molar-refractivity contribution in [3.63, 3.8) is 0 Å². The molecule has 1 saturated heterocycles. The summed E-state index contributed by atoms with van der Waals surface area (Å²) < 4.78 is 0. The van der Waals surface area contributed by atoms with Crippen molar-refractivity contribution in [3.8, 4) is 0 Å².